The molecule has 0 fully saturated rings. The van der Waals surface area contributed by atoms with Crippen LogP contribution in [0.4, 0.5) is 5.95 Å². The Morgan fingerprint density at radius 2 is 1.89 bits per heavy atom. The van der Waals surface area contributed by atoms with Gasteiger partial charge in [-0.2, -0.15) is 0 Å². The van der Waals surface area contributed by atoms with Crippen LogP contribution in [0, 0.1) is 3.57 Å². The number of hydrogen-bond acceptors (Lipinski definition) is 2. The maximum absolute atomic E-state index is 6.29. The molecule has 3 aromatic rings. The maximum atomic E-state index is 6.29. The van der Waals surface area contributed by atoms with E-state index in [1.54, 1.807) is 10.6 Å². The van der Waals surface area contributed by atoms with Crippen LogP contribution in [0.5, 0.6) is 0 Å². The number of hydrogen-bond donors (Lipinski definition) is 1. The zero-order valence-corrected chi connectivity index (χ0v) is 13.2. The molecule has 0 unspecified atom stereocenters. The van der Waals surface area contributed by atoms with Crippen LogP contribution in [-0.2, 0) is 0 Å². The number of fused-ring (bicyclic) bond motifs is 1. The van der Waals surface area contributed by atoms with Gasteiger partial charge in [0.25, 0.3) is 0 Å². The van der Waals surface area contributed by atoms with Gasteiger partial charge in [0, 0.05) is 8.59 Å². The lowest BCUT2D eigenvalue weighted by molar-refractivity contribution is 1.11. The van der Waals surface area contributed by atoms with Crippen molar-refractivity contribution in [2.75, 3.05) is 5.73 Å². The summed E-state index contributed by atoms with van der Waals surface area (Å²) in [5.41, 5.74) is 8.42. The average molecular weight is 404 g/mol. The average Bonchev–Trinajstić information content (AvgIpc) is 2.65. The van der Waals surface area contributed by atoms with Gasteiger partial charge in [-0.15, -0.1) is 0 Å². The fourth-order valence-corrected chi connectivity index (χ4v) is 3.09. The van der Waals surface area contributed by atoms with Crippen molar-refractivity contribution in [2.24, 2.45) is 0 Å². The summed E-state index contributed by atoms with van der Waals surface area (Å²) in [7, 11) is 0. The minimum atomic E-state index is 0.389. The molecule has 0 radical (unpaired) electrons. The molecule has 96 valence electrons. The molecule has 0 aliphatic rings. The summed E-state index contributed by atoms with van der Waals surface area (Å²) in [6.07, 6.45) is 0. The zero-order valence-electron chi connectivity index (χ0n) is 9.57. The highest BCUT2D eigenvalue weighted by atomic mass is 127. The number of aromatic nitrogens is 2. The van der Waals surface area contributed by atoms with E-state index in [2.05, 4.69) is 27.6 Å². The first-order valence-corrected chi connectivity index (χ1v) is 7.28. The Kier molecular flexibility index (Phi) is 3.32. The van der Waals surface area contributed by atoms with Crippen molar-refractivity contribution in [3.8, 4) is 5.69 Å². The highest BCUT2D eigenvalue weighted by Crippen LogP contribution is 2.30. The summed E-state index contributed by atoms with van der Waals surface area (Å²) in [6.45, 7) is 0. The normalized spacial score (nSPS) is 11.1. The highest BCUT2D eigenvalue weighted by Gasteiger charge is 2.13. The molecule has 6 heteroatoms. The van der Waals surface area contributed by atoms with E-state index < -0.39 is 0 Å². The van der Waals surface area contributed by atoms with Crippen LogP contribution in [0.15, 0.2) is 36.4 Å². The van der Waals surface area contributed by atoms with Gasteiger partial charge >= 0.3 is 0 Å². The molecule has 0 bridgehead atoms. The monoisotopic (exact) mass is 403 g/mol. The van der Waals surface area contributed by atoms with E-state index in [4.69, 9.17) is 28.9 Å². The number of halogens is 3. The third-order valence-corrected chi connectivity index (χ3v) is 4.00. The summed E-state index contributed by atoms with van der Waals surface area (Å²) in [5.74, 6) is 0.389. The van der Waals surface area contributed by atoms with E-state index in [0.29, 0.717) is 16.0 Å². The van der Waals surface area contributed by atoms with E-state index in [1.165, 1.54) is 0 Å². The predicted octanol–water partition coefficient (Wildman–Crippen LogP) is 4.52. The molecule has 1 heterocycles. The molecule has 3 rings (SSSR count). The molecule has 0 saturated heterocycles. The standard InChI is InChI=1S/C13H8Cl2IN3/c14-7-1-3-10-12(5-7)19(13(17)18-10)11-4-2-8(16)6-9(11)15/h1-6H,(H2,17,18). The van der Waals surface area contributed by atoms with Gasteiger partial charge in [-0.05, 0) is 59.0 Å². The van der Waals surface area contributed by atoms with Crippen LogP contribution in [0.25, 0.3) is 16.7 Å². The first kappa shape index (κ1) is 13.0. The van der Waals surface area contributed by atoms with Crippen LogP contribution in [0.1, 0.15) is 0 Å². The molecule has 0 aliphatic heterocycles. The van der Waals surface area contributed by atoms with Crippen LogP contribution in [0.2, 0.25) is 10.0 Å². The third-order valence-electron chi connectivity index (χ3n) is 2.79. The van der Waals surface area contributed by atoms with E-state index in [1.807, 2.05) is 30.3 Å². The van der Waals surface area contributed by atoms with Crippen molar-refractivity contribution in [1.82, 2.24) is 9.55 Å². The fourth-order valence-electron chi connectivity index (χ4n) is 1.98. The maximum Gasteiger partial charge on any atom is 0.205 e. The molecule has 1 aromatic heterocycles. The zero-order chi connectivity index (χ0) is 13.6. The summed E-state index contributed by atoms with van der Waals surface area (Å²) < 4.78 is 2.87. The fraction of sp³-hybridized carbons (Fsp3) is 0. The van der Waals surface area contributed by atoms with E-state index in [-0.39, 0.29) is 0 Å². The third kappa shape index (κ3) is 2.28. The van der Waals surface area contributed by atoms with Crippen LogP contribution < -0.4 is 5.73 Å². The van der Waals surface area contributed by atoms with E-state index in [0.717, 1.165) is 20.3 Å². The Hall–Kier alpha value is -0.980. The Balaban J connectivity index is 2.35. The Labute approximate surface area is 133 Å². The van der Waals surface area contributed by atoms with E-state index >= 15 is 0 Å². The quantitative estimate of drug-likeness (QED) is 0.607. The Morgan fingerprint density at radius 3 is 2.63 bits per heavy atom. The Bertz CT molecular complexity index is 783. The predicted molar refractivity (Wildman–Crippen MR) is 88.2 cm³/mol. The van der Waals surface area contributed by atoms with Gasteiger partial charge in [0.1, 0.15) is 0 Å². The SMILES string of the molecule is Nc1nc2ccc(Cl)cc2n1-c1ccc(I)cc1Cl. The van der Waals surface area contributed by atoms with Crippen molar-refractivity contribution < 1.29 is 0 Å². The summed E-state index contributed by atoms with van der Waals surface area (Å²) in [6, 6.07) is 11.2. The van der Waals surface area contributed by atoms with Gasteiger partial charge in [-0.1, -0.05) is 23.2 Å². The molecular formula is C13H8Cl2IN3. The van der Waals surface area contributed by atoms with Crippen LogP contribution >= 0.6 is 45.8 Å². The molecule has 0 spiro atoms. The second-order valence-corrected chi connectivity index (χ2v) is 6.12. The number of nitrogens with two attached hydrogens (primary N) is 1. The van der Waals surface area contributed by atoms with Crippen molar-refractivity contribution in [1.29, 1.82) is 0 Å². The molecule has 0 aliphatic carbocycles. The van der Waals surface area contributed by atoms with Crippen LogP contribution in [0.3, 0.4) is 0 Å². The number of nitrogens with zero attached hydrogens (tertiary/aromatic N) is 2. The molecule has 0 saturated carbocycles. The van der Waals surface area contributed by atoms with Gasteiger partial charge < -0.3 is 5.73 Å². The molecule has 19 heavy (non-hydrogen) atoms. The molecule has 2 aromatic carbocycles. The molecular weight excluding hydrogens is 396 g/mol. The van der Waals surface area contributed by atoms with Crippen molar-refractivity contribution in [3.05, 3.63) is 50.0 Å². The second-order valence-electron chi connectivity index (χ2n) is 4.03. The van der Waals surface area contributed by atoms with Gasteiger partial charge in [0.2, 0.25) is 5.95 Å². The topological polar surface area (TPSA) is 43.8 Å². The Morgan fingerprint density at radius 1 is 1.11 bits per heavy atom. The van der Waals surface area contributed by atoms with Gasteiger partial charge in [-0.25, -0.2) is 4.98 Å². The lowest BCUT2D eigenvalue weighted by atomic mass is 10.3. The van der Waals surface area contributed by atoms with Gasteiger partial charge in [-0.3, -0.25) is 4.57 Å². The van der Waals surface area contributed by atoms with Gasteiger partial charge in [0.15, 0.2) is 0 Å². The first-order chi connectivity index (χ1) is 9.06. The summed E-state index contributed by atoms with van der Waals surface area (Å²) in [4.78, 5) is 4.32. The lowest BCUT2D eigenvalue weighted by Crippen LogP contribution is -2.01. The number of anilines is 1. The first-order valence-electron chi connectivity index (χ1n) is 5.45. The van der Waals surface area contributed by atoms with Crippen LogP contribution in [-0.4, -0.2) is 9.55 Å². The number of nitrogen functional groups attached to an aromatic ring is 1. The molecule has 2 N–H and O–H groups in total. The lowest BCUT2D eigenvalue weighted by Gasteiger charge is -2.09. The molecule has 3 nitrogen and oxygen atoms in total. The molecule has 0 atom stereocenters. The summed E-state index contributed by atoms with van der Waals surface area (Å²) in [5, 5.41) is 1.26. The number of benzene rings is 2. The number of rotatable bonds is 1. The largest absolute Gasteiger partial charge is 0.369 e. The number of imidazole rings is 1. The second kappa shape index (κ2) is 4.85. The van der Waals surface area contributed by atoms with E-state index in [9.17, 15) is 0 Å². The van der Waals surface area contributed by atoms with Crippen molar-refractivity contribution >= 4 is 62.8 Å². The minimum absolute atomic E-state index is 0.389. The van der Waals surface area contributed by atoms with Crippen molar-refractivity contribution in [3.63, 3.8) is 0 Å². The minimum Gasteiger partial charge on any atom is -0.369 e. The van der Waals surface area contributed by atoms with Gasteiger partial charge in [0.05, 0.1) is 21.7 Å². The molecule has 0 amide bonds. The van der Waals surface area contributed by atoms with Crippen molar-refractivity contribution in [2.45, 2.75) is 0 Å². The summed E-state index contributed by atoms with van der Waals surface area (Å²) >= 11 is 14.5. The smallest absolute Gasteiger partial charge is 0.205 e. The highest BCUT2D eigenvalue weighted by molar-refractivity contribution is 14.1.